The predicted molar refractivity (Wildman–Crippen MR) is 92.6 cm³/mol. The fourth-order valence-corrected chi connectivity index (χ4v) is 2.96. The molecular formula is C19H22FN3O. The minimum absolute atomic E-state index is 0.00699. The molecule has 0 spiro atoms. The molecule has 3 rings (SSSR count). The maximum Gasteiger partial charge on any atom is 0.272 e. The van der Waals surface area contributed by atoms with Gasteiger partial charge in [0.1, 0.15) is 11.5 Å². The fraction of sp³-hybridized carbons (Fsp3) is 0.368. The van der Waals surface area contributed by atoms with Crippen LogP contribution in [0.3, 0.4) is 0 Å². The SMILES string of the molecule is O=C(c1cc(NCCc2ccccc2F)ccn1)N1CCCCC1. The van der Waals surface area contributed by atoms with Gasteiger partial charge in [0.25, 0.3) is 5.91 Å². The van der Waals surface area contributed by atoms with Crippen LogP contribution in [-0.2, 0) is 6.42 Å². The van der Waals surface area contributed by atoms with Crippen LogP contribution in [0.5, 0.6) is 0 Å². The monoisotopic (exact) mass is 327 g/mol. The molecule has 1 N–H and O–H groups in total. The molecule has 1 fully saturated rings. The van der Waals surface area contributed by atoms with Gasteiger partial charge in [-0.05, 0) is 49.4 Å². The normalized spacial score (nSPS) is 14.5. The van der Waals surface area contributed by atoms with Crippen molar-refractivity contribution in [2.45, 2.75) is 25.7 Å². The van der Waals surface area contributed by atoms with Gasteiger partial charge in [0, 0.05) is 31.5 Å². The van der Waals surface area contributed by atoms with Gasteiger partial charge in [0.2, 0.25) is 0 Å². The summed E-state index contributed by atoms with van der Waals surface area (Å²) in [7, 11) is 0. The van der Waals surface area contributed by atoms with Gasteiger partial charge in [-0.1, -0.05) is 18.2 Å². The second-order valence-electron chi connectivity index (χ2n) is 6.05. The van der Waals surface area contributed by atoms with Gasteiger partial charge in [-0.2, -0.15) is 0 Å². The molecule has 126 valence electrons. The Morgan fingerprint density at radius 1 is 1.17 bits per heavy atom. The Bertz CT molecular complexity index is 699. The molecule has 1 amide bonds. The summed E-state index contributed by atoms with van der Waals surface area (Å²) in [6.45, 7) is 2.22. The number of benzene rings is 1. The number of anilines is 1. The quantitative estimate of drug-likeness (QED) is 0.914. The third-order valence-corrected chi connectivity index (χ3v) is 4.30. The standard InChI is InChI=1S/C19H22FN3O/c20-17-7-3-2-6-15(17)8-10-21-16-9-11-22-18(14-16)19(24)23-12-4-1-5-13-23/h2-3,6-7,9,11,14H,1,4-5,8,10,12-13H2,(H,21,22). The van der Waals surface area contributed by atoms with E-state index in [1.807, 2.05) is 17.0 Å². The zero-order chi connectivity index (χ0) is 16.8. The van der Waals surface area contributed by atoms with E-state index in [-0.39, 0.29) is 11.7 Å². The Labute approximate surface area is 141 Å². The molecule has 5 heteroatoms. The summed E-state index contributed by atoms with van der Waals surface area (Å²) in [5.74, 6) is -0.192. The van der Waals surface area contributed by atoms with E-state index < -0.39 is 0 Å². The zero-order valence-corrected chi connectivity index (χ0v) is 13.7. The van der Waals surface area contributed by atoms with E-state index >= 15 is 0 Å². The Morgan fingerprint density at radius 3 is 2.75 bits per heavy atom. The molecule has 0 unspecified atom stereocenters. The molecule has 1 saturated heterocycles. The minimum Gasteiger partial charge on any atom is -0.385 e. The first-order chi connectivity index (χ1) is 11.7. The summed E-state index contributed by atoms with van der Waals surface area (Å²) in [5, 5.41) is 3.24. The molecule has 2 heterocycles. The Kier molecular flexibility index (Phi) is 5.41. The van der Waals surface area contributed by atoms with Crippen LogP contribution in [0.2, 0.25) is 0 Å². The molecule has 24 heavy (non-hydrogen) atoms. The van der Waals surface area contributed by atoms with Crippen molar-refractivity contribution in [1.82, 2.24) is 9.88 Å². The van der Waals surface area contributed by atoms with Gasteiger partial charge >= 0.3 is 0 Å². The van der Waals surface area contributed by atoms with Gasteiger partial charge in [-0.3, -0.25) is 9.78 Å². The van der Waals surface area contributed by atoms with Gasteiger partial charge in [0.05, 0.1) is 0 Å². The van der Waals surface area contributed by atoms with Crippen molar-refractivity contribution in [3.63, 3.8) is 0 Å². The lowest BCUT2D eigenvalue weighted by Crippen LogP contribution is -2.36. The zero-order valence-electron chi connectivity index (χ0n) is 13.7. The minimum atomic E-state index is -0.185. The molecular weight excluding hydrogens is 305 g/mol. The molecule has 0 radical (unpaired) electrons. The topological polar surface area (TPSA) is 45.2 Å². The molecule has 0 aliphatic carbocycles. The van der Waals surface area contributed by atoms with Crippen LogP contribution in [0.4, 0.5) is 10.1 Å². The lowest BCUT2D eigenvalue weighted by molar-refractivity contribution is 0.0718. The highest BCUT2D eigenvalue weighted by molar-refractivity contribution is 5.93. The molecule has 1 aliphatic rings. The van der Waals surface area contributed by atoms with Crippen molar-refractivity contribution >= 4 is 11.6 Å². The number of rotatable bonds is 5. The number of hydrogen-bond acceptors (Lipinski definition) is 3. The summed E-state index contributed by atoms with van der Waals surface area (Å²) in [6, 6.07) is 10.4. The second kappa shape index (κ2) is 7.90. The van der Waals surface area contributed by atoms with Crippen LogP contribution in [0, 0.1) is 5.82 Å². The number of pyridine rings is 1. The van der Waals surface area contributed by atoms with E-state index in [2.05, 4.69) is 10.3 Å². The molecule has 0 saturated carbocycles. The summed E-state index contributed by atoms with van der Waals surface area (Å²) >= 11 is 0. The third-order valence-electron chi connectivity index (χ3n) is 4.30. The van der Waals surface area contributed by atoms with Crippen molar-refractivity contribution in [2.75, 3.05) is 25.0 Å². The molecule has 2 aromatic rings. The summed E-state index contributed by atoms with van der Waals surface area (Å²) < 4.78 is 13.6. The number of likely N-dealkylation sites (tertiary alicyclic amines) is 1. The van der Waals surface area contributed by atoms with Crippen molar-refractivity contribution in [3.05, 3.63) is 59.7 Å². The number of amides is 1. The smallest absolute Gasteiger partial charge is 0.272 e. The summed E-state index contributed by atoms with van der Waals surface area (Å²) in [4.78, 5) is 18.6. The molecule has 1 aromatic carbocycles. The highest BCUT2D eigenvalue weighted by atomic mass is 19.1. The first-order valence-electron chi connectivity index (χ1n) is 8.46. The van der Waals surface area contributed by atoms with E-state index in [0.29, 0.717) is 24.2 Å². The van der Waals surface area contributed by atoms with Crippen LogP contribution in [0.15, 0.2) is 42.6 Å². The van der Waals surface area contributed by atoms with Crippen LogP contribution >= 0.6 is 0 Å². The van der Waals surface area contributed by atoms with Crippen molar-refractivity contribution in [2.24, 2.45) is 0 Å². The fourth-order valence-electron chi connectivity index (χ4n) is 2.96. The van der Waals surface area contributed by atoms with E-state index in [9.17, 15) is 9.18 Å². The average Bonchev–Trinajstić information content (AvgIpc) is 2.64. The molecule has 1 aliphatic heterocycles. The van der Waals surface area contributed by atoms with Crippen molar-refractivity contribution < 1.29 is 9.18 Å². The highest BCUT2D eigenvalue weighted by Crippen LogP contribution is 2.15. The van der Waals surface area contributed by atoms with Crippen LogP contribution < -0.4 is 5.32 Å². The number of nitrogens with one attached hydrogen (secondary N) is 1. The Hall–Kier alpha value is -2.43. The molecule has 0 atom stereocenters. The number of carbonyl (C=O) groups is 1. The Balaban J connectivity index is 1.59. The lowest BCUT2D eigenvalue weighted by Gasteiger charge is -2.26. The van der Waals surface area contributed by atoms with Gasteiger partial charge in [-0.15, -0.1) is 0 Å². The predicted octanol–water partition coefficient (Wildman–Crippen LogP) is 3.50. The lowest BCUT2D eigenvalue weighted by atomic mass is 10.1. The highest BCUT2D eigenvalue weighted by Gasteiger charge is 2.19. The number of halogens is 1. The maximum atomic E-state index is 13.6. The summed E-state index contributed by atoms with van der Waals surface area (Å²) in [6.07, 6.45) is 5.54. The van der Waals surface area contributed by atoms with E-state index in [0.717, 1.165) is 31.6 Å². The van der Waals surface area contributed by atoms with Crippen LogP contribution in [-0.4, -0.2) is 35.4 Å². The number of nitrogens with zero attached hydrogens (tertiary/aromatic N) is 2. The van der Waals surface area contributed by atoms with E-state index in [1.165, 1.54) is 12.5 Å². The first-order valence-corrected chi connectivity index (χ1v) is 8.46. The van der Waals surface area contributed by atoms with E-state index in [4.69, 9.17) is 0 Å². The first kappa shape index (κ1) is 16.4. The summed E-state index contributed by atoms with van der Waals surface area (Å²) in [5.41, 5.74) is 1.98. The van der Waals surface area contributed by atoms with Crippen molar-refractivity contribution in [1.29, 1.82) is 0 Å². The molecule has 4 nitrogen and oxygen atoms in total. The van der Waals surface area contributed by atoms with Gasteiger partial charge < -0.3 is 10.2 Å². The second-order valence-corrected chi connectivity index (χ2v) is 6.05. The molecule has 1 aromatic heterocycles. The molecule has 0 bridgehead atoms. The Morgan fingerprint density at radius 2 is 1.96 bits per heavy atom. The van der Waals surface area contributed by atoms with Crippen LogP contribution in [0.1, 0.15) is 35.3 Å². The van der Waals surface area contributed by atoms with Gasteiger partial charge in [0.15, 0.2) is 0 Å². The van der Waals surface area contributed by atoms with E-state index in [1.54, 1.807) is 24.4 Å². The average molecular weight is 327 g/mol. The third kappa shape index (κ3) is 4.10. The van der Waals surface area contributed by atoms with Gasteiger partial charge in [-0.25, -0.2) is 4.39 Å². The van der Waals surface area contributed by atoms with Crippen LogP contribution in [0.25, 0.3) is 0 Å². The number of carbonyl (C=O) groups excluding carboxylic acids is 1. The number of piperidine rings is 1. The number of aromatic nitrogens is 1. The largest absolute Gasteiger partial charge is 0.385 e. The maximum absolute atomic E-state index is 13.6. The van der Waals surface area contributed by atoms with Crippen molar-refractivity contribution in [3.8, 4) is 0 Å². The number of hydrogen-bond donors (Lipinski definition) is 1.